The molecule has 1 N–H and O–H groups in total. The van der Waals surface area contributed by atoms with Gasteiger partial charge in [0.05, 0.1) is 13.7 Å². The summed E-state index contributed by atoms with van der Waals surface area (Å²) in [6.45, 7) is 5.45. The minimum atomic E-state index is -0.427. The van der Waals surface area contributed by atoms with Gasteiger partial charge in [0.1, 0.15) is 11.6 Å². The van der Waals surface area contributed by atoms with Crippen LogP contribution < -0.4 is 4.74 Å². The highest BCUT2D eigenvalue weighted by atomic mass is 19.1. The summed E-state index contributed by atoms with van der Waals surface area (Å²) in [5.41, 5.74) is 0.881. The Morgan fingerprint density at radius 1 is 1.40 bits per heavy atom. The summed E-state index contributed by atoms with van der Waals surface area (Å²) < 4.78 is 18.5. The third-order valence-corrected chi connectivity index (χ3v) is 2.67. The lowest BCUT2D eigenvalue weighted by atomic mass is 9.84. The fourth-order valence-corrected chi connectivity index (χ4v) is 1.55. The van der Waals surface area contributed by atoms with Gasteiger partial charge in [-0.15, -0.1) is 0 Å². The van der Waals surface area contributed by atoms with Gasteiger partial charge < -0.3 is 9.84 Å². The summed E-state index contributed by atoms with van der Waals surface area (Å²) in [5, 5.41) is 9.28. The van der Waals surface area contributed by atoms with E-state index < -0.39 is 5.41 Å². The van der Waals surface area contributed by atoms with Crippen molar-refractivity contribution in [3.8, 4) is 5.75 Å². The van der Waals surface area contributed by atoms with E-state index in [9.17, 15) is 9.50 Å². The van der Waals surface area contributed by atoms with E-state index in [-0.39, 0.29) is 12.4 Å². The Labute approximate surface area is 89.7 Å². The van der Waals surface area contributed by atoms with Crippen molar-refractivity contribution in [2.45, 2.75) is 26.2 Å². The Morgan fingerprint density at radius 3 is 2.47 bits per heavy atom. The summed E-state index contributed by atoms with van der Waals surface area (Å²) >= 11 is 0. The number of ether oxygens (including phenoxy) is 1. The van der Waals surface area contributed by atoms with Gasteiger partial charge in [-0.3, -0.25) is 0 Å². The summed E-state index contributed by atoms with van der Waals surface area (Å²) in [6.07, 6.45) is 0. The molecule has 1 aromatic carbocycles. The fourth-order valence-electron chi connectivity index (χ4n) is 1.55. The predicted octanol–water partition coefficient (Wildman–Crippen LogP) is 2.41. The molecule has 15 heavy (non-hydrogen) atoms. The van der Waals surface area contributed by atoms with Gasteiger partial charge in [0.25, 0.3) is 0 Å². The maximum Gasteiger partial charge on any atom is 0.129 e. The number of methoxy groups -OCH3 is 1. The molecule has 0 unspecified atom stereocenters. The molecule has 3 heteroatoms. The van der Waals surface area contributed by atoms with Crippen LogP contribution in [0, 0.1) is 12.7 Å². The van der Waals surface area contributed by atoms with Gasteiger partial charge in [-0.25, -0.2) is 4.39 Å². The van der Waals surface area contributed by atoms with Crippen LogP contribution in [-0.4, -0.2) is 18.8 Å². The van der Waals surface area contributed by atoms with Gasteiger partial charge in [-0.2, -0.15) is 0 Å². The molecule has 1 rings (SSSR count). The number of halogens is 1. The van der Waals surface area contributed by atoms with Gasteiger partial charge in [0.15, 0.2) is 0 Å². The average Bonchev–Trinajstić information content (AvgIpc) is 2.21. The van der Waals surface area contributed by atoms with E-state index in [4.69, 9.17) is 4.74 Å². The number of hydrogen-bond donors (Lipinski definition) is 1. The first-order valence-corrected chi connectivity index (χ1v) is 4.88. The van der Waals surface area contributed by atoms with Crippen LogP contribution in [0.5, 0.6) is 5.75 Å². The molecule has 0 aliphatic rings. The van der Waals surface area contributed by atoms with E-state index in [1.165, 1.54) is 13.2 Å². The van der Waals surface area contributed by atoms with E-state index in [0.717, 1.165) is 5.56 Å². The van der Waals surface area contributed by atoms with Crippen LogP contribution >= 0.6 is 0 Å². The Morgan fingerprint density at radius 2 is 2.00 bits per heavy atom. The van der Waals surface area contributed by atoms with Crippen molar-refractivity contribution in [3.05, 3.63) is 29.1 Å². The molecule has 0 bridgehead atoms. The van der Waals surface area contributed by atoms with Gasteiger partial charge in [0, 0.05) is 16.5 Å². The summed E-state index contributed by atoms with van der Waals surface area (Å²) in [6, 6.07) is 3.07. The van der Waals surface area contributed by atoms with Crippen LogP contribution in [0.15, 0.2) is 12.1 Å². The van der Waals surface area contributed by atoms with Crippen LogP contribution in [0.4, 0.5) is 4.39 Å². The second-order valence-electron chi connectivity index (χ2n) is 4.30. The second kappa shape index (κ2) is 4.19. The van der Waals surface area contributed by atoms with Crippen molar-refractivity contribution < 1.29 is 14.2 Å². The molecule has 0 spiro atoms. The standard InChI is InChI=1S/C12H17FO2/c1-8-10(13)6-5-9(11(8)15-4)12(2,3)7-14/h5-6,14H,7H2,1-4H3. The first-order valence-electron chi connectivity index (χ1n) is 4.88. The summed E-state index contributed by atoms with van der Waals surface area (Å²) in [4.78, 5) is 0. The summed E-state index contributed by atoms with van der Waals surface area (Å²) in [5.74, 6) is 0.235. The molecular weight excluding hydrogens is 195 g/mol. The topological polar surface area (TPSA) is 29.5 Å². The third-order valence-electron chi connectivity index (χ3n) is 2.67. The minimum absolute atomic E-state index is 0.00552. The number of hydrogen-bond acceptors (Lipinski definition) is 2. The molecule has 0 heterocycles. The molecule has 0 aromatic heterocycles. The van der Waals surface area contributed by atoms with Crippen molar-refractivity contribution in [2.75, 3.05) is 13.7 Å². The maximum absolute atomic E-state index is 13.3. The molecule has 0 atom stereocenters. The molecule has 0 saturated heterocycles. The number of aliphatic hydroxyl groups excluding tert-OH is 1. The highest BCUT2D eigenvalue weighted by Crippen LogP contribution is 2.34. The van der Waals surface area contributed by atoms with Crippen LogP contribution in [0.2, 0.25) is 0 Å². The normalized spacial score (nSPS) is 11.6. The minimum Gasteiger partial charge on any atom is -0.496 e. The molecule has 84 valence electrons. The second-order valence-corrected chi connectivity index (χ2v) is 4.30. The zero-order valence-electron chi connectivity index (χ0n) is 9.60. The molecule has 0 saturated carbocycles. The van der Waals surface area contributed by atoms with Gasteiger partial charge in [-0.1, -0.05) is 19.9 Å². The predicted molar refractivity (Wildman–Crippen MR) is 57.8 cm³/mol. The van der Waals surface area contributed by atoms with E-state index >= 15 is 0 Å². The smallest absolute Gasteiger partial charge is 0.129 e. The van der Waals surface area contributed by atoms with Crippen molar-refractivity contribution in [1.29, 1.82) is 0 Å². The average molecular weight is 212 g/mol. The Balaban J connectivity index is 3.37. The van der Waals surface area contributed by atoms with Crippen molar-refractivity contribution in [2.24, 2.45) is 0 Å². The van der Waals surface area contributed by atoms with E-state index in [1.54, 1.807) is 13.0 Å². The molecule has 0 aliphatic carbocycles. The van der Waals surface area contributed by atoms with E-state index in [1.807, 2.05) is 13.8 Å². The van der Waals surface area contributed by atoms with Crippen LogP contribution in [0.25, 0.3) is 0 Å². The molecule has 0 amide bonds. The first-order chi connectivity index (χ1) is 6.94. The number of rotatable bonds is 3. The van der Waals surface area contributed by atoms with E-state index in [0.29, 0.717) is 11.3 Å². The zero-order valence-corrected chi connectivity index (χ0v) is 9.60. The SMILES string of the molecule is COc1c(C(C)(C)CO)ccc(F)c1C. The Kier molecular flexibility index (Phi) is 3.35. The Hall–Kier alpha value is -1.09. The summed E-state index contributed by atoms with van der Waals surface area (Å²) in [7, 11) is 1.51. The lowest BCUT2D eigenvalue weighted by Crippen LogP contribution is -2.23. The highest BCUT2D eigenvalue weighted by molar-refractivity contribution is 5.45. The fraction of sp³-hybridized carbons (Fsp3) is 0.500. The molecular formula is C12H17FO2. The van der Waals surface area contributed by atoms with Crippen molar-refractivity contribution in [3.63, 3.8) is 0 Å². The van der Waals surface area contributed by atoms with E-state index in [2.05, 4.69) is 0 Å². The monoisotopic (exact) mass is 212 g/mol. The third kappa shape index (κ3) is 2.12. The molecule has 0 fully saturated rings. The molecule has 1 aromatic rings. The van der Waals surface area contributed by atoms with Crippen LogP contribution in [0.1, 0.15) is 25.0 Å². The quantitative estimate of drug-likeness (QED) is 0.833. The first kappa shape index (κ1) is 12.0. The zero-order chi connectivity index (χ0) is 11.6. The van der Waals surface area contributed by atoms with Crippen molar-refractivity contribution in [1.82, 2.24) is 0 Å². The lowest BCUT2D eigenvalue weighted by Gasteiger charge is -2.25. The van der Waals surface area contributed by atoms with Gasteiger partial charge >= 0.3 is 0 Å². The lowest BCUT2D eigenvalue weighted by molar-refractivity contribution is 0.214. The maximum atomic E-state index is 13.3. The Bertz CT molecular complexity index is 359. The largest absolute Gasteiger partial charge is 0.496 e. The van der Waals surface area contributed by atoms with Crippen LogP contribution in [0.3, 0.4) is 0 Å². The van der Waals surface area contributed by atoms with Gasteiger partial charge in [-0.05, 0) is 13.0 Å². The van der Waals surface area contributed by atoms with Gasteiger partial charge in [0.2, 0.25) is 0 Å². The van der Waals surface area contributed by atoms with Crippen molar-refractivity contribution >= 4 is 0 Å². The number of benzene rings is 1. The number of aliphatic hydroxyl groups is 1. The molecule has 0 aliphatic heterocycles. The molecule has 2 nitrogen and oxygen atoms in total. The van der Waals surface area contributed by atoms with Crippen LogP contribution in [-0.2, 0) is 5.41 Å². The molecule has 0 radical (unpaired) electrons. The highest BCUT2D eigenvalue weighted by Gasteiger charge is 2.25.